The predicted molar refractivity (Wildman–Crippen MR) is 150 cm³/mol. The topological polar surface area (TPSA) is 73.9 Å². The number of fused-ring (bicyclic) bond motifs is 2. The van der Waals surface area contributed by atoms with Crippen LogP contribution < -0.4 is 10.2 Å². The van der Waals surface area contributed by atoms with Crippen molar-refractivity contribution in [2.24, 2.45) is 19.0 Å². The molecule has 0 aliphatic carbocycles. The second kappa shape index (κ2) is 9.45. The summed E-state index contributed by atoms with van der Waals surface area (Å²) in [6.45, 7) is 2.64. The van der Waals surface area contributed by atoms with Crippen molar-refractivity contribution in [3.05, 3.63) is 75.9 Å². The van der Waals surface area contributed by atoms with Crippen LogP contribution in [0.1, 0.15) is 41.3 Å². The van der Waals surface area contributed by atoms with E-state index in [9.17, 15) is 0 Å². The van der Waals surface area contributed by atoms with Gasteiger partial charge >= 0.3 is 0 Å². The van der Waals surface area contributed by atoms with E-state index in [0.717, 1.165) is 63.2 Å². The summed E-state index contributed by atoms with van der Waals surface area (Å²) in [4.78, 5) is 7.05. The Morgan fingerprint density at radius 3 is 2.78 bits per heavy atom. The van der Waals surface area contributed by atoms with Crippen LogP contribution in [0.5, 0.6) is 0 Å². The Morgan fingerprint density at radius 2 is 1.92 bits per heavy atom. The van der Waals surface area contributed by atoms with Crippen molar-refractivity contribution in [3.63, 3.8) is 0 Å². The molecule has 0 bridgehead atoms. The SMILES string of the molecule is C1=NCSN=C1C1=C(N2CCCc3ccccc32)S(C2CCCO2)(C2NCCc3ccccc32)N=N1. The first-order valence-electron chi connectivity index (χ1n) is 12.8. The van der Waals surface area contributed by atoms with Crippen molar-refractivity contribution < 1.29 is 4.74 Å². The molecule has 0 spiro atoms. The average Bonchev–Trinajstić information content (AvgIpc) is 3.62. The zero-order valence-corrected chi connectivity index (χ0v) is 21.8. The molecule has 0 radical (unpaired) electrons. The number of rotatable bonds is 4. The number of hydrogen-bond acceptors (Lipinski definition) is 8. The van der Waals surface area contributed by atoms with E-state index in [1.165, 1.54) is 39.4 Å². The quantitative estimate of drug-likeness (QED) is 0.511. The fourth-order valence-electron chi connectivity index (χ4n) is 6.04. The summed E-state index contributed by atoms with van der Waals surface area (Å²) in [5.41, 5.74) is 7.10. The normalized spacial score (nSPS) is 31.1. The molecule has 36 heavy (non-hydrogen) atoms. The van der Waals surface area contributed by atoms with E-state index in [0.29, 0.717) is 5.88 Å². The number of benzene rings is 2. The van der Waals surface area contributed by atoms with Crippen LogP contribution in [0.3, 0.4) is 0 Å². The second-order valence-electron chi connectivity index (χ2n) is 9.67. The molecule has 5 aliphatic rings. The van der Waals surface area contributed by atoms with Gasteiger partial charge in [-0.25, -0.2) is 4.40 Å². The third kappa shape index (κ3) is 3.59. The van der Waals surface area contributed by atoms with Gasteiger partial charge in [-0.3, -0.25) is 4.99 Å². The molecule has 3 atom stereocenters. The van der Waals surface area contributed by atoms with Gasteiger partial charge in [-0.15, -0.1) is 9.63 Å². The van der Waals surface area contributed by atoms with E-state index in [4.69, 9.17) is 18.8 Å². The first-order chi connectivity index (χ1) is 17.9. The number of ether oxygens (including phenoxy) is 1. The van der Waals surface area contributed by atoms with Gasteiger partial charge in [0.25, 0.3) is 0 Å². The monoisotopic (exact) mass is 518 g/mol. The van der Waals surface area contributed by atoms with Crippen LogP contribution >= 0.6 is 22.2 Å². The molecule has 0 amide bonds. The average molecular weight is 519 g/mol. The highest BCUT2D eigenvalue weighted by atomic mass is 32.3. The van der Waals surface area contributed by atoms with Gasteiger partial charge in [-0.1, -0.05) is 42.5 Å². The van der Waals surface area contributed by atoms with Crippen molar-refractivity contribution in [3.8, 4) is 0 Å². The molecule has 5 heterocycles. The number of hydrogen-bond donors (Lipinski definition) is 1. The summed E-state index contributed by atoms with van der Waals surface area (Å²) in [6, 6.07) is 17.7. The highest BCUT2D eigenvalue weighted by Gasteiger charge is 2.54. The van der Waals surface area contributed by atoms with E-state index in [2.05, 4.69) is 63.7 Å². The van der Waals surface area contributed by atoms with Gasteiger partial charge in [0.05, 0.1) is 11.6 Å². The number of aliphatic imine (C=N–C) groups is 1. The molecule has 0 aromatic heterocycles. The van der Waals surface area contributed by atoms with Crippen LogP contribution in [0.15, 0.2) is 78.3 Å². The van der Waals surface area contributed by atoms with Crippen molar-refractivity contribution in [2.45, 2.75) is 42.9 Å². The molecule has 1 N–H and O–H groups in total. The maximum absolute atomic E-state index is 6.56. The molecular formula is C27H30N6OS2. The molecule has 2 aromatic rings. The van der Waals surface area contributed by atoms with Gasteiger partial charge in [-0.2, -0.15) is 0 Å². The summed E-state index contributed by atoms with van der Waals surface area (Å²) in [5.74, 6) is 0.650. The Kier molecular flexibility index (Phi) is 5.96. The van der Waals surface area contributed by atoms with Crippen LogP contribution in [0.2, 0.25) is 0 Å². The van der Waals surface area contributed by atoms with Gasteiger partial charge in [0.2, 0.25) is 0 Å². The highest BCUT2D eigenvalue weighted by Crippen LogP contribution is 2.76. The fraction of sp³-hybridized carbons (Fsp3) is 0.407. The zero-order valence-electron chi connectivity index (χ0n) is 20.2. The molecule has 1 fully saturated rings. The van der Waals surface area contributed by atoms with Crippen molar-refractivity contribution in [1.82, 2.24) is 5.32 Å². The minimum Gasteiger partial charge on any atom is -0.367 e. The molecule has 2 aromatic carbocycles. The third-order valence-corrected chi connectivity index (χ3v) is 11.9. The third-order valence-electron chi connectivity index (χ3n) is 7.60. The second-order valence-corrected chi connectivity index (χ2v) is 13.3. The Balaban J connectivity index is 1.48. The van der Waals surface area contributed by atoms with Crippen LogP contribution in [0, 0.1) is 0 Å². The zero-order chi connectivity index (χ0) is 24.0. The summed E-state index contributed by atoms with van der Waals surface area (Å²) in [6.07, 6.45) is 7.15. The van der Waals surface area contributed by atoms with Crippen LogP contribution in [-0.2, 0) is 17.6 Å². The van der Waals surface area contributed by atoms with E-state index in [1.54, 1.807) is 0 Å². The summed E-state index contributed by atoms with van der Waals surface area (Å²) >= 11 is 1.48. The van der Waals surface area contributed by atoms with Gasteiger partial charge in [0.1, 0.15) is 27.8 Å². The maximum atomic E-state index is 6.56. The molecular weight excluding hydrogens is 488 g/mol. The van der Waals surface area contributed by atoms with E-state index in [-0.39, 0.29) is 10.8 Å². The van der Waals surface area contributed by atoms with Gasteiger partial charge < -0.3 is 15.0 Å². The lowest BCUT2D eigenvalue weighted by Crippen LogP contribution is -2.41. The smallest absolute Gasteiger partial charge is 0.145 e. The van der Waals surface area contributed by atoms with Crippen LogP contribution in [0.25, 0.3) is 0 Å². The Morgan fingerprint density at radius 1 is 1.03 bits per heavy atom. The molecule has 7 nitrogen and oxygen atoms in total. The molecule has 1 saturated heterocycles. The summed E-state index contributed by atoms with van der Waals surface area (Å²) in [7, 11) is -1.96. The molecule has 0 saturated carbocycles. The molecule has 5 aliphatic heterocycles. The van der Waals surface area contributed by atoms with Crippen molar-refractivity contribution >= 4 is 39.8 Å². The highest BCUT2D eigenvalue weighted by molar-refractivity contribution is 8.36. The Hall–Kier alpha value is -2.46. The lowest BCUT2D eigenvalue weighted by atomic mass is 10.0. The lowest BCUT2D eigenvalue weighted by Gasteiger charge is -2.50. The molecule has 186 valence electrons. The van der Waals surface area contributed by atoms with Crippen molar-refractivity contribution in [2.75, 3.05) is 30.5 Å². The van der Waals surface area contributed by atoms with E-state index < -0.39 is 10.2 Å². The minimum atomic E-state index is -1.96. The van der Waals surface area contributed by atoms with Gasteiger partial charge in [0, 0.05) is 25.4 Å². The minimum absolute atomic E-state index is 0.0141. The summed E-state index contributed by atoms with van der Waals surface area (Å²) < 4.78 is 16.7. The molecule has 7 rings (SSSR count). The van der Waals surface area contributed by atoms with Crippen LogP contribution in [-0.4, -0.2) is 42.9 Å². The number of nitrogens with zero attached hydrogens (tertiary/aromatic N) is 5. The largest absolute Gasteiger partial charge is 0.367 e. The number of nitrogens with one attached hydrogen (secondary N) is 1. The maximum Gasteiger partial charge on any atom is 0.145 e. The van der Waals surface area contributed by atoms with Gasteiger partial charge in [-0.05, 0) is 77.0 Å². The summed E-state index contributed by atoms with van der Waals surface area (Å²) in [5, 5.41) is 10.1. The lowest BCUT2D eigenvalue weighted by molar-refractivity contribution is 0.169. The van der Waals surface area contributed by atoms with E-state index in [1.807, 2.05) is 6.21 Å². The molecule has 9 heteroatoms. The first-order valence-corrected chi connectivity index (χ1v) is 15.5. The Bertz CT molecular complexity index is 1300. The number of para-hydroxylation sites is 1. The van der Waals surface area contributed by atoms with Gasteiger partial charge in [0.15, 0.2) is 0 Å². The fourth-order valence-corrected chi connectivity index (χ4v) is 10.6. The first kappa shape index (κ1) is 22.7. The van der Waals surface area contributed by atoms with Crippen LogP contribution in [0.4, 0.5) is 5.69 Å². The standard InChI is InChI=1S/C27H30N6OS2/c1-3-10-21-19(7-1)13-14-29-26(21)36(24-12-6-16-34-24)27(25(30-32-36)22-17-28-18-35-31-22)33-15-5-9-20-8-2-4-11-23(20)33/h1-4,7-8,10-11,17,24,26,29H,5-6,9,12-16,18H2. The van der Waals surface area contributed by atoms with E-state index >= 15 is 0 Å². The number of anilines is 1. The van der Waals surface area contributed by atoms with Crippen molar-refractivity contribution in [1.29, 1.82) is 0 Å². The Labute approximate surface area is 217 Å². The number of aryl methyl sites for hydroxylation is 1. The number of allylic oxidation sites excluding steroid dienone is 1. The molecule has 3 unspecified atom stereocenters. The predicted octanol–water partition coefficient (Wildman–Crippen LogP) is 5.91.